The molecule has 1 amide bonds. The minimum atomic E-state index is -4.80. The standard InChI is InChI=1S/C13H10F3NO2S/c14-13(15,16)19-11-6-2-1-5-10(11)17-12(18)8-9-4-3-7-20-9/h1-7H,8H2,(H,17,18). The first-order valence-corrected chi connectivity index (χ1v) is 6.49. The lowest BCUT2D eigenvalue weighted by Gasteiger charge is -2.13. The molecule has 0 atom stereocenters. The van der Waals surface area contributed by atoms with Crippen LogP contribution < -0.4 is 10.1 Å². The predicted octanol–water partition coefficient (Wildman–Crippen LogP) is 3.83. The Labute approximate surface area is 117 Å². The molecular formula is C13H10F3NO2S. The first kappa shape index (κ1) is 14.4. The maximum absolute atomic E-state index is 12.2. The van der Waals surface area contributed by atoms with E-state index in [2.05, 4.69) is 10.1 Å². The van der Waals surface area contributed by atoms with Gasteiger partial charge in [0.15, 0.2) is 5.75 Å². The molecule has 0 aliphatic carbocycles. The van der Waals surface area contributed by atoms with Crippen LogP contribution in [0.15, 0.2) is 41.8 Å². The average Bonchev–Trinajstić information content (AvgIpc) is 2.82. The van der Waals surface area contributed by atoms with Crippen molar-refractivity contribution in [3.63, 3.8) is 0 Å². The molecule has 0 spiro atoms. The summed E-state index contributed by atoms with van der Waals surface area (Å²) in [5, 5.41) is 4.24. The Hall–Kier alpha value is -2.02. The Balaban J connectivity index is 2.07. The number of amides is 1. The van der Waals surface area contributed by atoms with E-state index in [-0.39, 0.29) is 12.1 Å². The number of carbonyl (C=O) groups excluding carboxylic acids is 1. The van der Waals surface area contributed by atoms with Gasteiger partial charge in [0, 0.05) is 4.88 Å². The van der Waals surface area contributed by atoms with Crippen LogP contribution in [-0.4, -0.2) is 12.3 Å². The van der Waals surface area contributed by atoms with Crippen LogP contribution in [0, 0.1) is 0 Å². The maximum atomic E-state index is 12.2. The van der Waals surface area contributed by atoms with Crippen LogP contribution in [0.25, 0.3) is 0 Å². The van der Waals surface area contributed by atoms with E-state index in [4.69, 9.17) is 0 Å². The molecule has 2 aromatic rings. The predicted molar refractivity (Wildman–Crippen MR) is 69.8 cm³/mol. The molecule has 3 nitrogen and oxygen atoms in total. The number of anilines is 1. The quantitative estimate of drug-likeness (QED) is 0.932. The van der Waals surface area contributed by atoms with Gasteiger partial charge in [-0.1, -0.05) is 18.2 Å². The summed E-state index contributed by atoms with van der Waals surface area (Å²) in [5.74, 6) is -0.829. The Bertz CT molecular complexity index is 582. The molecule has 0 aliphatic rings. The average molecular weight is 301 g/mol. The van der Waals surface area contributed by atoms with Gasteiger partial charge in [-0.05, 0) is 23.6 Å². The van der Waals surface area contributed by atoms with E-state index < -0.39 is 18.0 Å². The van der Waals surface area contributed by atoms with E-state index in [1.807, 2.05) is 5.38 Å². The van der Waals surface area contributed by atoms with E-state index in [9.17, 15) is 18.0 Å². The Morgan fingerprint density at radius 2 is 1.95 bits per heavy atom. The second-order valence-electron chi connectivity index (χ2n) is 3.85. The zero-order valence-electron chi connectivity index (χ0n) is 10.1. The molecule has 0 aliphatic heterocycles. The molecule has 1 aromatic carbocycles. The number of benzene rings is 1. The van der Waals surface area contributed by atoms with Crippen LogP contribution in [0.3, 0.4) is 0 Å². The number of halogens is 3. The third-order valence-corrected chi connectivity index (χ3v) is 3.18. The molecule has 106 valence electrons. The van der Waals surface area contributed by atoms with Crippen molar-refractivity contribution >= 4 is 22.9 Å². The molecule has 1 N–H and O–H groups in total. The number of rotatable bonds is 4. The molecule has 0 bridgehead atoms. The van der Waals surface area contributed by atoms with Gasteiger partial charge < -0.3 is 10.1 Å². The van der Waals surface area contributed by atoms with Crippen molar-refractivity contribution in [1.82, 2.24) is 0 Å². The highest BCUT2D eigenvalue weighted by molar-refractivity contribution is 7.10. The molecule has 7 heteroatoms. The lowest BCUT2D eigenvalue weighted by Crippen LogP contribution is -2.20. The molecule has 0 unspecified atom stereocenters. The number of para-hydroxylation sites is 2. The second-order valence-corrected chi connectivity index (χ2v) is 4.88. The highest BCUT2D eigenvalue weighted by atomic mass is 32.1. The fourth-order valence-electron chi connectivity index (χ4n) is 1.55. The Morgan fingerprint density at radius 3 is 2.60 bits per heavy atom. The summed E-state index contributed by atoms with van der Waals surface area (Å²) >= 11 is 1.40. The summed E-state index contributed by atoms with van der Waals surface area (Å²) < 4.78 is 40.5. The zero-order valence-corrected chi connectivity index (χ0v) is 10.9. The first-order chi connectivity index (χ1) is 9.44. The number of carbonyl (C=O) groups is 1. The van der Waals surface area contributed by atoms with Gasteiger partial charge in [0.1, 0.15) is 0 Å². The number of nitrogens with one attached hydrogen (secondary N) is 1. The third kappa shape index (κ3) is 4.27. The normalized spacial score (nSPS) is 11.2. The fourth-order valence-corrected chi connectivity index (χ4v) is 2.25. The lowest BCUT2D eigenvalue weighted by molar-refractivity contribution is -0.274. The van der Waals surface area contributed by atoms with Gasteiger partial charge in [0.2, 0.25) is 5.91 Å². The van der Waals surface area contributed by atoms with Gasteiger partial charge in [-0.2, -0.15) is 0 Å². The highest BCUT2D eigenvalue weighted by Gasteiger charge is 2.32. The van der Waals surface area contributed by atoms with Crippen molar-refractivity contribution in [3.8, 4) is 5.75 Å². The van der Waals surface area contributed by atoms with Crippen molar-refractivity contribution in [3.05, 3.63) is 46.7 Å². The minimum Gasteiger partial charge on any atom is -0.404 e. The van der Waals surface area contributed by atoms with Gasteiger partial charge in [-0.25, -0.2) is 0 Å². The van der Waals surface area contributed by atoms with Crippen molar-refractivity contribution in [2.45, 2.75) is 12.8 Å². The number of hydrogen-bond acceptors (Lipinski definition) is 3. The third-order valence-electron chi connectivity index (χ3n) is 2.30. The zero-order chi connectivity index (χ0) is 14.6. The molecule has 1 aromatic heterocycles. The van der Waals surface area contributed by atoms with Crippen LogP contribution >= 0.6 is 11.3 Å². The van der Waals surface area contributed by atoms with E-state index in [1.54, 1.807) is 12.1 Å². The van der Waals surface area contributed by atoms with Gasteiger partial charge in [-0.3, -0.25) is 4.79 Å². The molecule has 0 saturated carbocycles. The van der Waals surface area contributed by atoms with Crippen LogP contribution in [0.2, 0.25) is 0 Å². The van der Waals surface area contributed by atoms with Gasteiger partial charge in [0.05, 0.1) is 12.1 Å². The maximum Gasteiger partial charge on any atom is 0.573 e. The molecule has 0 fully saturated rings. The highest BCUT2D eigenvalue weighted by Crippen LogP contribution is 2.30. The molecule has 20 heavy (non-hydrogen) atoms. The van der Waals surface area contributed by atoms with Crippen LogP contribution in [-0.2, 0) is 11.2 Å². The van der Waals surface area contributed by atoms with Crippen molar-refractivity contribution in [2.24, 2.45) is 0 Å². The van der Waals surface area contributed by atoms with Crippen molar-refractivity contribution < 1.29 is 22.7 Å². The number of hydrogen-bond donors (Lipinski definition) is 1. The number of thiophene rings is 1. The van der Waals surface area contributed by atoms with Gasteiger partial charge in [0.25, 0.3) is 0 Å². The fraction of sp³-hybridized carbons (Fsp3) is 0.154. The molecule has 0 radical (unpaired) electrons. The topological polar surface area (TPSA) is 38.3 Å². The van der Waals surface area contributed by atoms with E-state index in [0.29, 0.717) is 0 Å². The molecule has 1 heterocycles. The second kappa shape index (κ2) is 5.96. The van der Waals surface area contributed by atoms with Crippen LogP contribution in [0.1, 0.15) is 4.88 Å². The molecular weight excluding hydrogens is 291 g/mol. The van der Waals surface area contributed by atoms with E-state index in [0.717, 1.165) is 10.9 Å². The summed E-state index contributed by atoms with van der Waals surface area (Å²) in [6, 6.07) is 9.00. The molecule has 2 rings (SSSR count). The largest absolute Gasteiger partial charge is 0.573 e. The van der Waals surface area contributed by atoms with Crippen molar-refractivity contribution in [1.29, 1.82) is 0 Å². The van der Waals surface area contributed by atoms with Crippen LogP contribution in [0.5, 0.6) is 5.75 Å². The first-order valence-electron chi connectivity index (χ1n) is 5.61. The Kier molecular flexibility index (Phi) is 4.29. The Morgan fingerprint density at radius 1 is 1.20 bits per heavy atom. The monoisotopic (exact) mass is 301 g/mol. The molecule has 0 saturated heterocycles. The minimum absolute atomic E-state index is 0.00798. The van der Waals surface area contributed by atoms with E-state index >= 15 is 0 Å². The summed E-state index contributed by atoms with van der Waals surface area (Å²) in [6.45, 7) is 0. The van der Waals surface area contributed by atoms with Crippen LogP contribution in [0.4, 0.5) is 18.9 Å². The van der Waals surface area contributed by atoms with Gasteiger partial charge in [-0.15, -0.1) is 24.5 Å². The smallest absolute Gasteiger partial charge is 0.404 e. The van der Waals surface area contributed by atoms with E-state index in [1.165, 1.54) is 29.5 Å². The summed E-state index contributed by atoms with van der Waals surface area (Å²) in [4.78, 5) is 12.6. The summed E-state index contributed by atoms with van der Waals surface area (Å²) in [7, 11) is 0. The number of alkyl halides is 3. The lowest BCUT2D eigenvalue weighted by atomic mass is 10.2. The SMILES string of the molecule is O=C(Cc1cccs1)Nc1ccccc1OC(F)(F)F. The summed E-state index contributed by atoms with van der Waals surface area (Å²) in [5.41, 5.74) is -0.00798. The van der Waals surface area contributed by atoms with Gasteiger partial charge >= 0.3 is 6.36 Å². The number of ether oxygens (including phenoxy) is 1. The summed E-state index contributed by atoms with van der Waals surface area (Å²) in [6.07, 6.45) is -4.69. The van der Waals surface area contributed by atoms with Crippen molar-refractivity contribution in [2.75, 3.05) is 5.32 Å².